The molecule has 0 radical (unpaired) electrons. The summed E-state index contributed by atoms with van der Waals surface area (Å²) in [4.78, 5) is 19.4. The van der Waals surface area contributed by atoms with E-state index in [9.17, 15) is 4.79 Å². The molecule has 1 aromatic carbocycles. The molecule has 0 atom stereocenters. The molecule has 1 fully saturated rings. The highest BCUT2D eigenvalue weighted by atomic mass is 35.5. The number of likely N-dealkylation sites (tertiary alicyclic amines) is 1. The first kappa shape index (κ1) is 21.1. The zero-order valence-electron chi connectivity index (χ0n) is 17.5. The highest BCUT2D eigenvalue weighted by Crippen LogP contribution is 2.38. The number of nitrogens with zero attached hydrogens (tertiary/aromatic N) is 2. The molecule has 0 spiro atoms. The van der Waals surface area contributed by atoms with E-state index in [-0.39, 0.29) is 5.91 Å². The second kappa shape index (κ2) is 9.76. The van der Waals surface area contributed by atoms with Gasteiger partial charge in [0.05, 0.1) is 5.69 Å². The van der Waals surface area contributed by atoms with Crippen molar-refractivity contribution in [1.82, 2.24) is 9.88 Å². The molecule has 2 aliphatic rings. The minimum atomic E-state index is 0.280. The quantitative estimate of drug-likeness (QED) is 0.704. The van der Waals surface area contributed by atoms with Crippen LogP contribution in [0.3, 0.4) is 0 Å². The predicted octanol–water partition coefficient (Wildman–Crippen LogP) is 4.78. The Balaban J connectivity index is 1.58. The highest BCUT2D eigenvalue weighted by Gasteiger charge is 2.26. The fraction of sp³-hybridized carbons (Fsp3) is 0.440. The van der Waals surface area contributed by atoms with Crippen LogP contribution in [0, 0.1) is 0 Å². The van der Waals surface area contributed by atoms with Gasteiger partial charge in [-0.05, 0) is 80.0 Å². The lowest BCUT2D eigenvalue weighted by Gasteiger charge is -2.30. The number of benzene rings is 1. The first-order valence-electron chi connectivity index (χ1n) is 11.1. The molecule has 4 nitrogen and oxygen atoms in total. The largest absolute Gasteiger partial charge is 0.342 e. The number of rotatable bonds is 5. The van der Waals surface area contributed by atoms with Crippen molar-refractivity contribution >= 4 is 23.1 Å². The zero-order valence-corrected chi connectivity index (χ0v) is 18.3. The Labute approximate surface area is 184 Å². The van der Waals surface area contributed by atoms with Crippen LogP contribution in [0.15, 0.2) is 42.1 Å². The summed E-state index contributed by atoms with van der Waals surface area (Å²) in [5.41, 5.74) is 13.2. The van der Waals surface area contributed by atoms with Gasteiger partial charge in [0.1, 0.15) is 0 Å². The second-order valence-electron chi connectivity index (χ2n) is 8.27. The van der Waals surface area contributed by atoms with Crippen molar-refractivity contribution in [3.8, 4) is 0 Å². The van der Waals surface area contributed by atoms with Gasteiger partial charge in [0.2, 0.25) is 5.91 Å². The molecule has 2 heterocycles. The summed E-state index contributed by atoms with van der Waals surface area (Å²) >= 11 is 6.31. The fourth-order valence-electron chi connectivity index (χ4n) is 4.66. The Morgan fingerprint density at radius 3 is 2.63 bits per heavy atom. The smallest absolute Gasteiger partial charge is 0.222 e. The van der Waals surface area contributed by atoms with Gasteiger partial charge in [0.25, 0.3) is 0 Å². The number of carbonyl (C=O) groups excluding carboxylic acids is 1. The van der Waals surface area contributed by atoms with Crippen molar-refractivity contribution < 1.29 is 4.79 Å². The van der Waals surface area contributed by atoms with Crippen molar-refractivity contribution in [3.63, 3.8) is 0 Å². The second-order valence-corrected chi connectivity index (χ2v) is 8.71. The molecule has 1 aliphatic heterocycles. The topological polar surface area (TPSA) is 59.2 Å². The Kier molecular flexibility index (Phi) is 6.86. The lowest BCUT2D eigenvalue weighted by atomic mass is 9.88. The first-order chi connectivity index (χ1) is 14.7. The molecule has 1 saturated heterocycles. The average Bonchev–Trinajstić information content (AvgIpc) is 2.93. The van der Waals surface area contributed by atoms with Gasteiger partial charge in [-0.3, -0.25) is 9.78 Å². The van der Waals surface area contributed by atoms with Gasteiger partial charge in [-0.1, -0.05) is 35.7 Å². The minimum absolute atomic E-state index is 0.280. The number of unbranched alkanes of at least 4 members (excludes halogenated alkanes) is 2. The van der Waals surface area contributed by atoms with E-state index in [1.165, 1.54) is 27.8 Å². The summed E-state index contributed by atoms with van der Waals surface area (Å²) in [5, 5.41) is 0.784. The number of pyridine rings is 1. The van der Waals surface area contributed by atoms with E-state index in [1.54, 1.807) is 0 Å². The van der Waals surface area contributed by atoms with Crippen LogP contribution in [0.1, 0.15) is 60.9 Å². The first-order valence-corrected chi connectivity index (χ1v) is 11.5. The van der Waals surface area contributed by atoms with E-state index in [4.69, 9.17) is 22.3 Å². The van der Waals surface area contributed by atoms with E-state index in [1.807, 2.05) is 23.2 Å². The molecule has 0 bridgehead atoms. The summed E-state index contributed by atoms with van der Waals surface area (Å²) in [6.45, 7) is 2.29. The van der Waals surface area contributed by atoms with Crippen molar-refractivity contribution in [2.24, 2.45) is 5.73 Å². The minimum Gasteiger partial charge on any atom is -0.342 e. The van der Waals surface area contributed by atoms with Gasteiger partial charge in [0, 0.05) is 36.3 Å². The number of halogens is 1. The maximum atomic E-state index is 12.6. The maximum absolute atomic E-state index is 12.6. The third-order valence-corrected chi connectivity index (χ3v) is 6.53. The third-order valence-electron chi connectivity index (χ3n) is 6.30. The van der Waals surface area contributed by atoms with E-state index in [2.05, 4.69) is 18.2 Å². The molecule has 158 valence electrons. The summed E-state index contributed by atoms with van der Waals surface area (Å²) in [6.07, 6.45) is 9.25. The molecule has 5 heteroatoms. The SMILES string of the molecule is NCCCCCC(=O)N1CCC(=C2c3ccc(Cl)cc3CCc3cccnc32)CC1. The van der Waals surface area contributed by atoms with E-state index < -0.39 is 0 Å². The number of hydrogen-bond donors (Lipinski definition) is 1. The lowest BCUT2D eigenvalue weighted by Crippen LogP contribution is -2.36. The van der Waals surface area contributed by atoms with Crippen LogP contribution >= 0.6 is 11.6 Å². The van der Waals surface area contributed by atoms with Gasteiger partial charge < -0.3 is 10.6 Å². The Bertz CT molecular complexity index is 943. The predicted molar refractivity (Wildman–Crippen MR) is 122 cm³/mol. The highest BCUT2D eigenvalue weighted by molar-refractivity contribution is 6.30. The van der Waals surface area contributed by atoms with Crippen molar-refractivity contribution in [2.75, 3.05) is 19.6 Å². The number of amides is 1. The molecule has 1 aliphatic carbocycles. The number of carbonyl (C=O) groups is 1. The average molecular weight is 424 g/mol. The van der Waals surface area contributed by atoms with Gasteiger partial charge in [0.15, 0.2) is 0 Å². The van der Waals surface area contributed by atoms with Crippen molar-refractivity contribution in [1.29, 1.82) is 0 Å². The number of fused-ring (bicyclic) bond motifs is 2. The summed E-state index contributed by atoms with van der Waals surface area (Å²) < 4.78 is 0. The summed E-state index contributed by atoms with van der Waals surface area (Å²) in [7, 11) is 0. The fourth-order valence-corrected chi connectivity index (χ4v) is 4.86. The Morgan fingerprint density at radius 1 is 1.03 bits per heavy atom. The van der Waals surface area contributed by atoms with Crippen LogP contribution in [-0.4, -0.2) is 35.4 Å². The van der Waals surface area contributed by atoms with Crippen molar-refractivity contribution in [2.45, 2.75) is 51.4 Å². The van der Waals surface area contributed by atoms with Gasteiger partial charge >= 0.3 is 0 Å². The zero-order chi connectivity index (χ0) is 20.9. The number of nitrogens with two attached hydrogens (primary N) is 1. The standard InChI is InChI=1S/C25H30ClN3O/c26-21-9-10-22-20(17-21)8-7-19-5-4-14-28-25(19)24(22)18-11-15-29(16-12-18)23(30)6-2-1-3-13-27/h4-5,9-10,14,17H,1-3,6-8,11-13,15-16,27H2. The van der Waals surface area contributed by atoms with Gasteiger partial charge in [-0.25, -0.2) is 0 Å². The molecule has 0 unspecified atom stereocenters. The number of aromatic nitrogens is 1. The van der Waals surface area contributed by atoms with Crippen LogP contribution in [0.4, 0.5) is 0 Å². The monoisotopic (exact) mass is 423 g/mol. The van der Waals surface area contributed by atoms with Crippen LogP contribution in [0.2, 0.25) is 5.02 Å². The van der Waals surface area contributed by atoms with E-state index >= 15 is 0 Å². The molecule has 2 aromatic rings. The molecular formula is C25H30ClN3O. The Morgan fingerprint density at radius 2 is 1.83 bits per heavy atom. The van der Waals surface area contributed by atoms with Crippen LogP contribution < -0.4 is 5.73 Å². The van der Waals surface area contributed by atoms with Crippen LogP contribution in [-0.2, 0) is 17.6 Å². The van der Waals surface area contributed by atoms with Crippen LogP contribution in [0.25, 0.3) is 5.57 Å². The van der Waals surface area contributed by atoms with Gasteiger partial charge in [-0.2, -0.15) is 0 Å². The third kappa shape index (κ3) is 4.60. The summed E-state index contributed by atoms with van der Waals surface area (Å²) in [6, 6.07) is 10.4. The molecule has 30 heavy (non-hydrogen) atoms. The molecule has 0 saturated carbocycles. The molecule has 1 aromatic heterocycles. The molecular weight excluding hydrogens is 394 g/mol. The lowest BCUT2D eigenvalue weighted by molar-refractivity contribution is -0.131. The molecule has 4 rings (SSSR count). The number of hydrogen-bond acceptors (Lipinski definition) is 3. The molecule has 2 N–H and O–H groups in total. The van der Waals surface area contributed by atoms with E-state index in [0.29, 0.717) is 13.0 Å². The Hall–Kier alpha value is -2.17. The normalized spacial score (nSPS) is 16.1. The van der Waals surface area contributed by atoms with Gasteiger partial charge in [-0.15, -0.1) is 0 Å². The van der Waals surface area contributed by atoms with Crippen LogP contribution in [0.5, 0.6) is 0 Å². The number of piperidine rings is 1. The number of aryl methyl sites for hydroxylation is 2. The van der Waals surface area contributed by atoms with Crippen molar-refractivity contribution in [3.05, 3.63) is 69.5 Å². The van der Waals surface area contributed by atoms with E-state index in [0.717, 1.165) is 68.8 Å². The summed E-state index contributed by atoms with van der Waals surface area (Å²) in [5.74, 6) is 0.280. The molecule has 1 amide bonds. The maximum Gasteiger partial charge on any atom is 0.222 e.